The lowest BCUT2D eigenvalue weighted by atomic mass is 9.92. The lowest BCUT2D eigenvalue weighted by molar-refractivity contribution is 0.0118. The van der Waals surface area contributed by atoms with Crippen molar-refractivity contribution in [3.8, 4) is 10.6 Å². The number of fused-ring (bicyclic) bond motifs is 1. The van der Waals surface area contributed by atoms with Crippen LogP contribution in [0.15, 0.2) is 54.4 Å². The highest BCUT2D eigenvalue weighted by atomic mass is 35.5. The van der Waals surface area contributed by atoms with E-state index in [9.17, 15) is 10.2 Å². The topological polar surface area (TPSA) is 96.1 Å². The SMILES string of the molecule is CCCc1sc(-c2cn([C@@H]3C[C@H](C4=CCCNC4)[C@@H](O)[C@H]3O)c3nc(Cl)ncc23)nc1Cc1ccccc1. The first-order valence-electron chi connectivity index (χ1n) is 13.3. The van der Waals surface area contributed by atoms with Gasteiger partial charge in [-0.15, -0.1) is 11.3 Å². The maximum atomic E-state index is 11.2. The number of nitrogens with one attached hydrogen (secondary N) is 1. The van der Waals surface area contributed by atoms with E-state index in [2.05, 4.69) is 52.5 Å². The Labute approximate surface area is 231 Å². The number of aliphatic hydroxyl groups is 2. The molecule has 3 aromatic heterocycles. The summed E-state index contributed by atoms with van der Waals surface area (Å²) in [5.41, 5.74) is 5.10. The van der Waals surface area contributed by atoms with Crippen LogP contribution in [0.3, 0.4) is 0 Å². The summed E-state index contributed by atoms with van der Waals surface area (Å²) in [6.45, 7) is 3.88. The molecule has 1 aliphatic carbocycles. The number of halogens is 1. The van der Waals surface area contributed by atoms with Gasteiger partial charge in [0.15, 0.2) is 0 Å². The Morgan fingerprint density at radius 3 is 2.76 bits per heavy atom. The van der Waals surface area contributed by atoms with Crippen molar-refractivity contribution in [2.45, 2.75) is 57.3 Å². The van der Waals surface area contributed by atoms with Gasteiger partial charge in [0.05, 0.1) is 17.8 Å². The number of thiazole rings is 1. The van der Waals surface area contributed by atoms with Crippen molar-refractivity contribution in [1.82, 2.24) is 24.8 Å². The molecule has 0 unspecified atom stereocenters. The molecule has 7 nitrogen and oxygen atoms in total. The van der Waals surface area contributed by atoms with Crippen LogP contribution in [-0.2, 0) is 12.8 Å². The second kappa shape index (κ2) is 10.9. The summed E-state index contributed by atoms with van der Waals surface area (Å²) in [6.07, 6.45) is 8.58. The predicted molar refractivity (Wildman–Crippen MR) is 152 cm³/mol. The number of aryl methyl sites for hydroxylation is 1. The first-order chi connectivity index (χ1) is 18.5. The van der Waals surface area contributed by atoms with E-state index < -0.39 is 12.2 Å². The Morgan fingerprint density at radius 2 is 2.00 bits per heavy atom. The number of benzene rings is 1. The molecule has 1 aliphatic heterocycles. The van der Waals surface area contributed by atoms with E-state index in [1.54, 1.807) is 17.5 Å². The maximum Gasteiger partial charge on any atom is 0.224 e. The Morgan fingerprint density at radius 1 is 1.16 bits per heavy atom. The fourth-order valence-electron chi connectivity index (χ4n) is 5.88. The maximum absolute atomic E-state index is 11.2. The van der Waals surface area contributed by atoms with Gasteiger partial charge < -0.3 is 20.1 Å². The Bertz CT molecular complexity index is 1470. The third kappa shape index (κ3) is 4.80. The minimum atomic E-state index is -0.916. The summed E-state index contributed by atoms with van der Waals surface area (Å²) in [5.74, 6) is -0.102. The minimum Gasteiger partial charge on any atom is -0.390 e. The highest BCUT2D eigenvalue weighted by Crippen LogP contribution is 2.43. The zero-order chi connectivity index (χ0) is 26.2. The number of aromatic nitrogens is 4. The second-order valence-corrected chi connectivity index (χ2v) is 11.7. The van der Waals surface area contributed by atoms with Crippen molar-refractivity contribution in [2.75, 3.05) is 13.1 Å². The molecule has 0 bridgehead atoms. The molecule has 198 valence electrons. The lowest BCUT2D eigenvalue weighted by Gasteiger charge is -2.23. The summed E-state index contributed by atoms with van der Waals surface area (Å²) in [7, 11) is 0. The molecule has 1 aromatic carbocycles. The summed E-state index contributed by atoms with van der Waals surface area (Å²) in [6, 6.07) is 10.1. The first kappa shape index (κ1) is 25.6. The molecule has 9 heteroatoms. The molecule has 1 saturated carbocycles. The van der Waals surface area contributed by atoms with Gasteiger partial charge >= 0.3 is 0 Å². The highest BCUT2D eigenvalue weighted by molar-refractivity contribution is 7.15. The van der Waals surface area contributed by atoms with Crippen LogP contribution in [0.5, 0.6) is 0 Å². The molecular formula is C29H32ClN5O2S. The fourth-order valence-corrected chi connectivity index (χ4v) is 7.21. The molecule has 4 heterocycles. The van der Waals surface area contributed by atoms with Crippen molar-refractivity contribution < 1.29 is 10.2 Å². The molecule has 4 aromatic rings. The van der Waals surface area contributed by atoms with Crippen molar-refractivity contribution in [3.05, 3.63) is 75.8 Å². The molecule has 4 atom stereocenters. The first-order valence-corrected chi connectivity index (χ1v) is 14.5. The van der Waals surface area contributed by atoms with Crippen molar-refractivity contribution in [3.63, 3.8) is 0 Å². The summed E-state index contributed by atoms with van der Waals surface area (Å²) in [5, 5.41) is 27.5. The molecule has 3 N–H and O–H groups in total. The normalized spacial score (nSPS) is 23.7. The second-order valence-electron chi connectivity index (χ2n) is 10.3. The van der Waals surface area contributed by atoms with E-state index in [1.165, 1.54) is 16.0 Å². The van der Waals surface area contributed by atoms with Gasteiger partial charge in [-0.3, -0.25) is 0 Å². The fraction of sp³-hybridized carbons (Fsp3) is 0.414. The van der Waals surface area contributed by atoms with Gasteiger partial charge in [0, 0.05) is 47.1 Å². The van der Waals surface area contributed by atoms with Gasteiger partial charge in [0.25, 0.3) is 0 Å². The number of hydrogen-bond acceptors (Lipinski definition) is 7. The van der Waals surface area contributed by atoms with Crippen LogP contribution in [0, 0.1) is 5.92 Å². The highest BCUT2D eigenvalue weighted by Gasteiger charge is 2.44. The van der Waals surface area contributed by atoms with Crippen LogP contribution in [0.2, 0.25) is 5.28 Å². The largest absolute Gasteiger partial charge is 0.390 e. The van der Waals surface area contributed by atoms with Crippen LogP contribution in [-0.4, -0.2) is 55.0 Å². The lowest BCUT2D eigenvalue weighted by Crippen LogP contribution is -2.33. The van der Waals surface area contributed by atoms with Gasteiger partial charge in [-0.1, -0.05) is 55.3 Å². The quantitative estimate of drug-likeness (QED) is 0.223. The van der Waals surface area contributed by atoms with E-state index in [0.717, 1.165) is 60.4 Å². The van der Waals surface area contributed by atoms with E-state index in [-0.39, 0.29) is 17.2 Å². The van der Waals surface area contributed by atoms with Gasteiger partial charge in [0.1, 0.15) is 16.8 Å². The van der Waals surface area contributed by atoms with Gasteiger partial charge in [-0.05, 0) is 43.0 Å². The van der Waals surface area contributed by atoms with E-state index in [1.807, 2.05) is 16.8 Å². The molecular weight excluding hydrogens is 518 g/mol. The minimum absolute atomic E-state index is 0.102. The molecule has 0 saturated heterocycles. The van der Waals surface area contributed by atoms with Crippen molar-refractivity contribution in [1.29, 1.82) is 0 Å². The summed E-state index contributed by atoms with van der Waals surface area (Å²) < 4.78 is 1.99. The van der Waals surface area contributed by atoms with Gasteiger partial charge in [0.2, 0.25) is 5.28 Å². The average Bonchev–Trinajstić information content (AvgIpc) is 3.59. The Hall–Kier alpha value is -2.62. The zero-order valence-corrected chi connectivity index (χ0v) is 22.9. The average molecular weight is 550 g/mol. The van der Waals surface area contributed by atoms with E-state index in [4.69, 9.17) is 16.6 Å². The Balaban J connectivity index is 1.41. The van der Waals surface area contributed by atoms with E-state index in [0.29, 0.717) is 12.1 Å². The number of nitrogens with zero attached hydrogens (tertiary/aromatic N) is 4. The van der Waals surface area contributed by atoms with Crippen LogP contribution in [0.1, 0.15) is 48.4 Å². The molecule has 0 spiro atoms. The van der Waals surface area contributed by atoms with Crippen LogP contribution < -0.4 is 5.32 Å². The molecule has 6 rings (SSSR count). The Kier molecular flexibility index (Phi) is 7.33. The van der Waals surface area contributed by atoms with Crippen LogP contribution in [0.4, 0.5) is 0 Å². The van der Waals surface area contributed by atoms with Crippen LogP contribution >= 0.6 is 22.9 Å². The number of hydrogen-bond donors (Lipinski definition) is 3. The number of aliphatic hydroxyl groups excluding tert-OH is 2. The van der Waals surface area contributed by atoms with Gasteiger partial charge in [-0.2, -0.15) is 4.98 Å². The standard InChI is InChI=1S/C29H32ClN5O2S/c1-2-7-24-22(12-17-8-4-3-5-9-17)33-28(38-24)21-16-35(27-20(21)15-32-29(30)34-27)23-13-19(25(36)26(23)37)18-10-6-11-31-14-18/h3-5,8-10,15-16,19,23,25-26,31,36-37H,2,6-7,11-14H2,1H3/t19-,23-,25-,26+/m1/s1. The monoisotopic (exact) mass is 549 g/mol. The summed E-state index contributed by atoms with van der Waals surface area (Å²) >= 11 is 7.96. The molecule has 2 aliphatic rings. The predicted octanol–water partition coefficient (Wildman–Crippen LogP) is 4.95. The van der Waals surface area contributed by atoms with E-state index >= 15 is 0 Å². The zero-order valence-electron chi connectivity index (χ0n) is 21.3. The third-order valence-electron chi connectivity index (χ3n) is 7.78. The van der Waals surface area contributed by atoms with Crippen LogP contribution in [0.25, 0.3) is 21.6 Å². The molecule has 1 fully saturated rings. The molecule has 38 heavy (non-hydrogen) atoms. The van der Waals surface area contributed by atoms with Crippen molar-refractivity contribution in [2.24, 2.45) is 5.92 Å². The van der Waals surface area contributed by atoms with Crippen molar-refractivity contribution >= 4 is 34.0 Å². The third-order valence-corrected chi connectivity index (χ3v) is 9.16. The molecule has 0 radical (unpaired) electrons. The number of rotatable bonds is 7. The van der Waals surface area contributed by atoms with Gasteiger partial charge in [-0.25, -0.2) is 9.97 Å². The summed E-state index contributed by atoms with van der Waals surface area (Å²) in [4.78, 5) is 15.3. The smallest absolute Gasteiger partial charge is 0.224 e. The molecule has 0 amide bonds.